The van der Waals surface area contributed by atoms with E-state index in [4.69, 9.17) is 4.74 Å². The smallest absolute Gasteiger partial charge is 0.213 e. The Hall–Kier alpha value is -2.83. The van der Waals surface area contributed by atoms with Crippen LogP contribution in [0.25, 0.3) is 11.1 Å². The number of halogens is 2. The summed E-state index contributed by atoms with van der Waals surface area (Å²) < 4.78 is 35.5. The van der Waals surface area contributed by atoms with E-state index in [0.29, 0.717) is 30.2 Å². The molecule has 0 amide bonds. The quantitative estimate of drug-likeness (QED) is 0.416. The maximum Gasteiger partial charge on any atom is 0.213 e. The molecule has 3 aromatic rings. The molecule has 5 rings (SSSR count). The van der Waals surface area contributed by atoms with E-state index in [-0.39, 0.29) is 18.8 Å². The standard InChI is InChI=1S/C30H33F2NO3/c1-16-7-19(5-6-30(4,35)15-34)8-17(2)28(16)23-10-21(25(31)12-26(23)32)14-36-27-11-20-9-22-18(3)29(22)24(20)13-33-27/h7-8,10-13,18,22,29,34-35H,5-6,9,14-15H2,1-4H3/t18-,22-,29+,30?/m0/s1. The summed E-state index contributed by atoms with van der Waals surface area (Å²) >= 11 is 0. The van der Waals surface area contributed by atoms with E-state index in [1.807, 2.05) is 38.2 Å². The Morgan fingerprint density at radius 3 is 2.50 bits per heavy atom. The van der Waals surface area contributed by atoms with Crippen molar-refractivity contribution >= 4 is 0 Å². The first kappa shape index (κ1) is 24.8. The number of pyridine rings is 1. The number of nitrogens with zero attached hydrogens (tertiary/aromatic N) is 1. The number of aliphatic hydroxyl groups is 2. The van der Waals surface area contributed by atoms with Crippen LogP contribution in [0.2, 0.25) is 0 Å². The number of aryl methyl sites for hydroxylation is 3. The number of hydrogen-bond donors (Lipinski definition) is 2. The van der Waals surface area contributed by atoms with Crippen molar-refractivity contribution in [3.05, 3.63) is 81.5 Å². The van der Waals surface area contributed by atoms with Crippen LogP contribution in [0, 0.1) is 37.3 Å². The third-order valence-corrected chi connectivity index (χ3v) is 8.04. The SMILES string of the molecule is Cc1cc(CCC(C)(O)CO)cc(C)c1-c1cc(COc2cc3c(cn2)[C@@H]2[C@@H](C)[C@@H]2C3)c(F)cc1F. The first-order chi connectivity index (χ1) is 17.1. The van der Waals surface area contributed by atoms with Gasteiger partial charge in [0, 0.05) is 29.5 Å². The van der Waals surface area contributed by atoms with Gasteiger partial charge in [0.05, 0.1) is 12.2 Å². The summed E-state index contributed by atoms with van der Waals surface area (Å²) in [6, 6.07) is 8.31. The van der Waals surface area contributed by atoms with E-state index in [0.717, 1.165) is 46.6 Å². The number of ether oxygens (including phenoxy) is 1. The van der Waals surface area contributed by atoms with Crippen molar-refractivity contribution < 1.29 is 23.7 Å². The van der Waals surface area contributed by atoms with Crippen molar-refractivity contribution in [1.82, 2.24) is 4.98 Å². The van der Waals surface area contributed by atoms with Gasteiger partial charge in [0.1, 0.15) is 18.2 Å². The fraction of sp³-hybridized carbons (Fsp3) is 0.433. The zero-order chi connectivity index (χ0) is 25.8. The van der Waals surface area contributed by atoms with Gasteiger partial charge in [-0.05, 0) is 97.2 Å². The number of aliphatic hydroxyl groups excluding tert-OH is 1. The maximum absolute atomic E-state index is 15.0. The number of rotatable bonds is 8. The zero-order valence-electron chi connectivity index (χ0n) is 21.2. The van der Waals surface area contributed by atoms with E-state index in [1.165, 1.54) is 17.2 Å². The molecule has 2 aliphatic rings. The second-order valence-corrected chi connectivity index (χ2v) is 10.9. The predicted molar refractivity (Wildman–Crippen MR) is 135 cm³/mol. The summed E-state index contributed by atoms with van der Waals surface area (Å²) in [6.45, 7) is 7.32. The Labute approximate surface area is 211 Å². The minimum Gasteiger partial charge on any atom is -0.473 e. The molecule has 1 saturated carbocycles. The molecule has 2 aliphatic carbocycles. The van der Waals surface area contributed by atoms with E-state index in [2.05, 4.69) is 11.9 Å². The van der Waals surface area contributed by atoms with E-state index < -0.39 is 17.2 Å². The van der Waals surface area contributed by atoms with Crippen LogP contribution in [0.15, 0.2) is 36.5 Å². The Balaban J connectivity index is 1.36. The van der Waals surface area contributed by atoms with Gasteiger partial charge >= 0.3 is 0 Å². The van der Waals surface area contributed by atoms with Crippen LogP contribution < -0.4 is 4.74 Å². The van der Waals surface area contributed by atoms with E-state index in [1.54, 1.807) is 6.92 Å². The molecule has 1 fully saturated rings. The first-order valence-corrected chi connectivity index (χ1v) is 12.6. The summed E-state index contributed by atoms with van der Waals surface area (Å²) in [4.78, 5) is 4.43. The lowest BCUT2D eigenvalue weighted by Gasteiger charge is -2.21. The molecular weight excluding hydrogens is 460 g/mol. The minimum atomic E-state index is -1.15. The monoisotopic (exact) mass is 493 g/mol. The van der Waals surface area contributed by atoms with E-state index >= 15 is 0 Å². The molecule has 2 N–H and O–H groups in total. The molecule has 0 spiro atoms. The van der Waals surface area contributed by atoms with Crippen molar-refractivity contribution in [3.63, 3.8) is 0 Å². The highest BCUT2D eigenvalue weighted by Crippen LogP contribution is 2.61. The molecule has 190 valence electrons. The van der Waals surface area contributed by atoms with Crippen molar-refractivity contribution in [2.45, 2.75) is 65.1 Å². The number of fused-ring (bicyclic) bond motifs is 3. The molecule has 2 aromatic carbocycles. The van der Waals surface area contributed by atoms with Crippen LogP contribution in [-0.2, 0) is 19.4 Å². The molecule has 0 saturated heterocycles. The van der Waals surface area contributed by atoms with Gasteiger partial charge in [0.15, 0.2) is 0 Å². The van der Waals surface area contributed by atoms with Crippen molar-refractivity contribution in [1.29, 1.82) is 0 Å². The summed E-state index contributed by atoms with van der Waals surface area (Å²) in [5, 5.41) is 19.4. The van der Waals surface area contributed by atoms with Crippen LogP contribution in [0.1, 0.15) is 59.6 Å². The molecule has 4 nitrogen and oxygen atoms in total. The Kier molecular flexibility index (Phi) is 6.38. The third-order valence-electron chi connectivity index (χ3n) is 8.04. The summed E-state index contributed by atoms with van der Waals surface area (Å²) in [5.41, 5.74) is 5.45. The van der Waals surface area contributed by atoms with Gasteiger partial charge in [0.2, 0.25) is 5.88 Å². The van der Waals surface area contributed by atoms with Gasteiger partial charge < -0.3 is 14.9 Å². The molecular formula is C30H33F2NO3. The van der Waals surface area contributed by atoms with Crippen LogP contribution in [0.4, 0.5) is 8.78 Å². The molecule has 6 heteroatoms. The van der Waals surface area contributed by atoms with Gasteiger partial charge in [-0.25, -0.2) is 13.8 Å². The lowest BCUT2D eigenvalue weighted by molar-refractivity contribution is -0.00474. The highest BCUT2D eigenvalue weighted by molar-refractivity contribution is 5.72. The molecule has 1 unspecified atom stereocenters. The molecule has 0 bridgehead atoms. The van der Waals surface area contributed by atoms with Crippen molar-refractivity contribution in [3.8, 4) is 17.0 Å². The largest absolute Gasteiger partial charge is 0.473 e. The normalized spacial score (nSPS) is 21.6. The van der Waals surface area contributed by atoms with Gasteiger partial charge in [0.25, 0.3) is 0 Å². The molecule has 4 atom stereocenters. The first-order valence-electron chi connectivity index (χ1n) is 12.6. The maximum atomic E-state index is 15.0. The van der Waals surface area contributed by atoms with Crippen molar-refractivity contribution in [2.75, 3.05) is 6.61 Å². The van der Waals surface area contributed by atoms with Crippen molar-refractivity contribution in [2.24, 2.45) is 11.8 Å². The minimum absolute atomic E-state index is 0.0411. The highest BCUT2D eigenvalue weighted by Gasteiger charge is 2.52. The van der Waals surface area contributed by atoms with Gasteiger partial charge in [-0.3, -0.25) is 0 Å². The average molecular weight is 494 g/mol. The van der Waals surface area contributed by atoms with Crippen LogP contribution in [0.5, 0.6) is 5.88 Å². The summed E-state index contributed by atoms with van der Waals surface area (Å²) in [5.74, 6) is 1.26. The lowest BCUT2D eigenvalue weighted by Crippen LogP contribution is -2.29. The molecule has 0 radical (unpaired) electrons. The van der Waals surface area contributed by atoms with Crippen LogP contribution >= 0.6 is 0 Å². The number of hydrogen-bond acceptors (Lipinski definition) is 4. The lowest BCUT2D eigenvalue weighted by atomic mass is 9.89. The topological polar surface area (TPSA) is 62.6 Å². The Bertz CT molecular complexity index is 1300. The molecule has 1 aromatic heterocycles. The van der Waals surface area contributed by atoms with Crippen LogP contribution in [0.3, 0.4) is 0 Å². The number of aromatic nitrogens is 1. The zero-order valence-corrected chi connectivity index (χ0v) is 21.2. The molecule has 0 aliphatic heterocycles. The molecule has 36 heavy (non-hydrogen) atoms. The van der Waals surface area contributed by atoms with Crippen LogP contribution in [-0.4, -0.2) is 27.4 Å². The predicted octanol–water partition coefficient (Wildman–Crippen LogP) is 5.80. The third kappa shape index (κ3) is 4.64. The number of benzene rings is 2. The van der Waals surface area contributed by atoms with Gasteiger partial charge in [-0.2, -0.15) is 0 Å². The van der Waals surface area contributed by atoms with E-state index in [9.17, 15) is 19.0 Å². The Morgan fingerprint density at radius 1 is 1.08 bits per heavy atom. The molecule has 1 heterocycles. The second kappa shape index (κ2) is 9.24. The van der Waals surface area contributed by atoms with Gasteiger partial charge in [-0.1, -0.05) is 19.1 Å². The fourth-order valence-corrected chi connectivity index (χ4v) is 5.83. The second-order valence-electron chi connectivity index (χ2n) is 10.9. The summed E-state index contributed by atoms with van der Waals surface area (Å²) in [6.07, 6.45) is 3.92. The van der Waals surface area contributed by atoms with Gasteiger partial charge in [-0.15, -0.1) is 0 Å². The Morgan fingerprint density at radius 2 is 1.81 bits per heavy atom. The average Bonchev–Trinajstić information content (AvgIpc) is 3.28. The fourth-order valence-electron chi connectivity index (χ4n) is 5.83. The highest BCUT2D eigenvalue weighted by atomic mass is 19.1. The summed E-state index contributed by atoms with van der Waals surface area (Å²) in [7, 11) is 0.